The monoisotopic (exact) mass is 251 g/mol. The maximum atomic E-state index is 12.1. The van der Waals surface area contributed by atoms with Gasteiger partial charge >= 0.3 is 5.69 Å². The molecule has 2 aromatic rings. The fourth-order valence-corrected chi connectivity index (χ4v) is 2.08. The number of anilines is 1. The average Bonchev–Trinajstić information content (AvgIpc) is 2.63. The molecule has 0 unspecified atom stereocenters. The molecular weight excluding hydrogens is 234 g/mol. The molecule has 7 heteroatoms. The number of rotatable bonds is 2. The third-order valence-electron chi connectivity index (χ3n) is 3.05. The van der Waals surface area contributed by atoms with Crippen molar-refractivity contribution in [3.8, 4) is 0 Å². The minimum atomic E-state index is -0.344. The lowest BCUT2D eigenvalue weighted by Gasteiger charge is -2.11. The predicted octanol–water partition coefficient (Wildman–Crippen LogP) is 0.0563. The lowest BCUT2D eigenvalue weighted by molar-refractivity contribution is 0.552. The van der Waals surface area contributed by atoms with Gasteiger partial charge in [0.1, 0.15) is 0 Å². The number of fused-ring (bicyclic) bond motifs is 1. The molecule has 0 atom stereocenters. The van der Waals surface area contributed by atoms with Gasteiger partial charge in [0.15, 0.2) is 11.2 Å². The summed E-state index contributed by atoms with van der Waals surface area (Å²) in [4.78, 5) is 28.6. The van der Waals surface area contributed by atoms with Crippen LogP contribution in [0.1, 0.15) is 19.9 Å². The minimum Gasteiger partial charge on any atom is -0.359 e. The van der Waals surface area contributed by atoms with E-state index in [0.29, 0.717) is 17.1 Å². The van der Waals surface area contributed by atoms with Gasteiger partial charge in [0.2, 0.25) is 5.95 Å². The summed E-state index contributed by atoms with van der Waals surface area (Å²) in [7, 11) is 4.95. The van der Waals surface area contributed by atoms with Gasteiger partial charge < -0.3 is 9.88 Å². The van der Waals surface area contributed by atoms with Gasteiger partial charge in [0, 0.05) is 27.2 Å². The van der Waals surface area contributed by atoms with Crippen LogP contribution in [0.3, 0.4) is 0 Å². The van der Waals surface area contributed by atoms with Crippen molar-refractivity contribution >= 4 is 17.1 Å². The molecule has 0 fully saturated rings. The quantitative estimate of drug-likeness (QED) is 0.819. The highest BCUT2D eigenvalue weighted by atomic mass is 16.2. The zero-order valence-electron chi connectivity index (χ0n) is 11.2. The van der Waals surface area contributed by atoms with Crippen LogP contribution in [0.2, 0.25) is 0 Å². The first-order valence-electron chi connectivity index (χ1n) is 5.75. The Morgan fingerprint density at radius 1 is 1.17 bits per heavy atom. The topological polar surface area (TPSA) is 73.8 Å². The third kappa shape index (κ3) is 1.47. The van der Waals surface area contributed by atoms with Crippen LogP contribution in [0.5, 0.6) is 0 Å². The summed E-state index contributed by atoms with van der Waals surface area (Å²) in [5, 5.41) is 2.91. The number of nitrogens with zero attached hydrogens (tertiary/aromatic N) is 4. The summed E-state index contributed by atoms with van der Waals surface area (Å²) in [6.07, 6.45) is 0. The Balaban J connectivity index is 3.10. The Morgan fingerprint density at radius 3 is 2.28 bits per heavy atom. The van der Waals surface area contributed by atoms with E-state index in [9.17, 15) is 9.59 Å². The van der Waals surface area contributed by atoms with Crippen molar-refractivity contribution in [1.29, 1.82) is 0 Å². The molecule has 0 aliphatic carbocycles. The molecule has 18 heavy (non-hydrogen) atoms. The molecule has 0 aliphatic heterocycles. The van der Waals surface area contributed by atoms with Gasteiger partial charge in [-0.3, -0.25) is 13.9 Å². The van der Waals surface area contributed by atoms with Crippen LogP contribution in [-0.2, 0) is 14.1 Å². The van der Waals surface area contributed by atoms with Crippen LogP contribution < -0.4 is 16.6 Å². The van der Waals surface area contributed by atoms with E-state index in [1.165, 1.54) is 11.6 Å². The summed E-state index contributed by atoms with van der Waals surface area (Å²) < 4.78 is 4.30. The Hall–Kier alpha value is -2.05. The highest BCUT2D eigenvalue weighted by Gasteiger charge is 2.19. The van der Waals surface area contributed by atoms with Crippen molar-refractivity contribution in [1.82, 2.24) is 18.7 Å². The summed E-state index contributed by atoms with van der Waals surface area (Å²) in [6.45, 7) is 3.78. The van der Waals surface area contributed by atoms with E-state index >= 15 is 0 Å². The maximum absolute atomic E-state index is 12.1. The second kappa shape index (κ2) is 4.01. The summed E-state index contributed by atoms with van der Waals surface area (Å²) in [5.41, 5.74) is 0.173. The molecule has 0 spiro atoms. The van der Waals surface area contributed by atoms with Crippen molar-refractivity contribution in [2.45, 2.75) is 19.9 Å². The number of aryl methyl sites for hydroxylation is 1. The highest BCUT2D eigenvalue weighted by molar-refractivity contribution is 5.74. The Bertz CT molecular complexity index is 720. The molecule has 2 rings (SSSR count). The number of nitrogens with one attached hydrogen (secondary N) is 1. The van der Waals surface area contributed by atoms with E-state index in [2.05, 4.69) is 10.3 Å². The Morgan fingerprint density at radius 2 is 1.78 bits per heavy atom. The Kier molecular flexibility index (Phi) is 2.76. The van der Waals surface area contributed by atoms with Gasteiger partial charge in [-0.05, 0) is 13.8 Å². The van der Waals surface area contributed by atoms with Gasteiger partial charge in [-0.25, -0.2) is 4.79 Å². The summed E-state index contributed by atoms with van der Waals surface area (Å²) in [5.74, 6) is 0.557. The lowest BCUT2D eigenvalue weighted by atomic mass is 10.3. The van der Waals surface area contributed by atoms with Crippen molar-refractivity contribution in [3.63, 3.8) is 0 Å². The molecule has 0 aromatic carbocycles. The van der Waals surface area contributed by atoms with E-state index in [1.54, 1.807) is 18.7 Å². The molecule has 98 valence electrons. The number of hydrogen-bond acceptors (Lipinski definition) is 4. The third-order valence-corrected chi connectivity index (χ3v) is 3.05. The fourth-order valence-electron chi connectivity index (χ4n) is 2.08. The van der Waals surface area contributed by atoms with Crippen molar-refractivity contribution in [2.24, 2.45) is 14.1 Å². The molecule has 0 saturated carbocycles. The predicted molar refractivity (Wildman–Crippen MR) is 70.1 cm³/mol. The van der Waals surface area contributed by atoms with Crippen LogP contribution in [0.15, 0.2) is 9.59 Å². The molecule has 0 saturated heterocycles. The van der Waals surface area contributed by atoms with E-state index in [1.807, 2.05) is 13.8 Å². The minimum absolute atomic E-state index is 0.0635. The number of aromatic nitrogens is 4. The Labute approximate surface area is 104 Å². The van der Waals surface area contributed by atoms with Crippen LogP contribution in [0.4, 0.5) is 5.95 Å². The van der Waals surface area contributed by atoms with Gasteiger partial charge in [-0.2, -0.15) is 4.98 Å². The van der Waals surface area contributed by atoms with Crippen LogP contribution >= 0.6 is 0 Å². The first kappa shape index (κ1) is 12.4. The molecule has 0 radical (unpaired) electrons. The second-order valence-corrected chi connectivity index (χ2v) is 4.53. The van der Waals surface area contributed by atoms with E-state index < -0.39 is 0 Å². The molecule has 1 N–H and O–H groups in total. The fraction of sp³-hybridized carbons (Fsp3) is 0.545. The second-order valence-electron chi connectivity index (χ2n) is 4.53. The lowest BCUT2D eigenvalue weighted by Crippen LogP contribution is -2.39. The molecule has 0 aliphatic rings. The molecule has 7 nitrogen and oxygen atoms in total. The summed E-state index contributed by atoms with van der Waals surface area (Å²) >= 11 is 0. The zero-order chi connectivity index (χ0) is 13.6. The SMILES string of the molecule is CNc1nc2c(c(=O)n(C)c(=O)n2C(C)C)n1C. The van der Waals surface area contributed by atoms with Gasteiger partial charge in [-0.15, -0.1) is 0 Å². The molecule has 0 bridgehead atoms. The number of hydrogen-bond donors (Lipinski definition) is 1. The normalized spacial score (nSPS) is 11.4. The molecule has 2 aromatic heterocycles. The number of imidazole rings is 1. The molecule has 0 amide bonds. The standard InChI is InChI=1S/C11H17N5O2/c1-6(2)16-8-7(9(17)15(5)11(16)18)14(4)10(12-3)13-8/h6H,1-5H3,(H,12,13). The van der Waals surface area contributed by atoms with Crippen molar-refractivity contribution < 1.29 is 0 Å². The van der Waals surface area contributed by atoms with Gasteiger partial charge in [-0.1, -0.05) is 0 Å². The van der Waals surface area contributed by atoms with Gasteiger partial charge in [0.05, 0.1) is 0 Å². The van der Waals surface area contributed by atoms with Crippen LogP contribution in [0.25, 0.3) is 11.2 Å². The first-order valence-corrected chi connectivity index (χ1v) is 5.75. The molecular formula is C11H17N5O2. The first-order chi connectivity index (χ1) is 8.40. The average molecular weight is 251 g/mol. The van der Waals surface area contributed by atoms with Gasteiger partial charge in [0.25, 0.3) is 5.56 Å². The van der Waals surface area contributed by atoms with Crippen LogP contribution in [-0.4, -0.2) is 25.7 Å². The van der Waals surface area contributed by atoms with E-state index in [-0.39, 0.29) is 17.3 Å². The maximum Gasteiger partial charge on any atom is 0.332 e. The smallest absolute Gasteiger partial charge is 0.332 e. The summed E-state index contributed by atoms with van der Waals surface area (Å²) in [6, 6.07) is -0.0635. The largest absolute Gasteiger partial charge is 0.359 e. The highest BCUT2D eigenvalue weighted by Crippen LogP contribution is 2.15. The van der Waals surface area contributed by atoms with Crippen LogP contribution in [0, 0.1) is 0 Å². The van der Waals surface area contributed by atoms with Crippen molar-refractivity contribution in [3.05, 3.63) is 20.8 Å². The molecule has 2 heterocycles. The van der Waals surface area contributed by atoms with E-state index in [4.69, 9.17) is 0 Å². The van der Waals surface area contributed by atoms with Crippen molar-refractivity contribution in [2.75, 3.05) is 12.4 Å². The van der Waals surface area contributed by atoms with E-state index in [0.717, 1.165) is 4.57 Å². The zero-order valence-corrected chi connectivity index (χ0v) is 11.2.